The summed E-state index contributed by atoms with van der Waals surface area (Å²) in [4.78, 5) is 41.2. The number of benzene rings is 2. The number of amides is 3. The molecule has 1 atom stereocenters. The lowest BCUT2D eigenvalue weighted by atomic mass is 9.96. The van der Waals surface area contributed by atoms with Gasteiger partial charge in [-0.05, 0) is 61.6 Å². The second-order valence-corrected chi connectivity index (χ2v) is 10.6. The number of nitrogens with one attached hydrogen (secondary N) is 2. The minimum atomic E-state index is -0.954. The van der Waals surface area contributed by atoms with Gasteiger partial charge >= 0.3 is 0 Å². The highest BCUT2D eigenvalue weighted by molar-refractivity contribution is 6.31. The number of furan rings is 1. The minimum Gasteiger partial charge on any atom is -0.459 e. The number of hydrogen-bond acceptors (Lipinski definition) is 4. The monoisotopic (exact) mass is 523 g/mol. The van der Waals surface area contributed by atoms with E-state index < -0.39 is 23.4 Å². The third kappa shape index (κ3) is 7.70. The summed E-state index contributed by atoms with van der Waals surface area (Å²) < 4.78 is 5.12. The van der Waals surface area contributed by atoms with Crippen LogP contribution in [0.25, 0.3) is 0 Å². The second-order valence-electron chi connectivity index (χ2n) is 10.2. The Kier molecular flexibility index (Phi) is 9.16. The molecule has 7 nitrogen and oxygen atoms in total. The molecule has 0 saturated carbocycles. The van der Waals surface area contributed by atoms with Crippen LogP contribution < -0.4 is 10.6 Å². The summed E-state index contributed by atoms with van der Waals surface area (Å²) in [5, 5.41) is 6.08. The summed E-state index contributed by atoms with van der Waals surface area (Å²) in [6, 6.07) is 17.0. The molecular weight excluding hydrogens is 490 g/mol. The Morgan fingerprint density at radius 1 is 0.946 bits per heavy atom. The average Bonchev–Trinajstić information content (AvgIpc) is 3.37. The van der Waals surface area contributed by atoms with E-state index in [-0.39, 0.29) is 24.8 Å². The van der Waals surface area contributed by atoms with E-state index >= 15 is 0 Å². The van der Waals surface area contributed by atoms with E-state index in [0.29, 0.717) is 22.1 Å². The maximum Gasteiger partial charge on any atom is 0.287 e. The molecule has 3 aromatic rings. The Labute approximate surface area is 223 Å². The van der Waals surface area contributed by atoms with Crippen LogP contribution in [0.5, 0.6) is 0 Å². The first-order valence-corrected chi connectivity index (χ1v) is 12.6. The number of rotatable bonds is 9. The molecule has 0 aliphatic heterocycles. The zero-order valence-electron chi connectivity index (χ0n) is 21.9. The Morgan fingerprint density at radius 3 is 2.16 bits per heavy atom. The molecule has 0 saturated heterocycles. The van der Waals surface area contributed by atoms with Gasteiger partial charge in [-0.2, -0.15) is 0 Å². The summed E-state index contributed by atoms with van der Waals surface area (Å²) in [5.41, 5.74) is 1.93. The van der Waals surface area contributed by atoms with Crippen molar-refractivity contribution in [1.29, 1.82) is 0 Å². The molecule has 0 bridgehead atoms. The van der Waals surface area contributed by atoms with Gasteiger partial charge in [-0.25, -0.2) is 0 Å². The van der Waals surface area contributed by atoms with Crippen LogP contribution in [-0.2, 0) is 16.1 Å². The summed E-state index contributed by atoms with van der Waals surface area (Å²) in [5.74, 6) is -0.886. The van der Waals surface area contributed by atoms with E-state index in [2.05, 4.69) is 24.5 Å². The van der Waals surface area contributed by atoms with Crippen LogP contribution in [0.3, 0.4) is 0 Å². The van der Waals surface area contributed by atoms with Crippen molar-refractivity contribution in [3.05, 3.63) is 94.4 Å². The molecule has 1 unspecified atom stereocenters. The maximum atomic E-state index is 13.7. The number of halogens is 1. The van der Waals surface area contributed by atoms with E-state index in [4.69, 9.17) is 16.0 Å². The van der Waals surface area contributed by atoms with Gasteiger partial charge in [-0.3, -0.25) is 14.4 Å². The number of hydrogen-bond donors (Lipinski definition) is 2. The third-order valence-electron chi connectivity index (χ3n) is 5.74. The van der Waals surface area contributed by atoms with Crippen molar-refractivity contribution < 1.29 is 18.8 Å². The Morgan fingerprint density at radius 2 is 1.59 bits per heavy atom. The molecule has 0 aliphatic carbocycles. The Hall–Kier alpha value is -3.58. The molecule has 0 fully saturated rings. The van der Waals surface area contributed by atoms with Crippen molar-refractivity contribution in [2.24, 2.45) is 0 Å². The van der Waals surface area contributed by atoms with E-state index in [1.165, 1.54) is 17.2 Å². The van der Waals surface area contributed by atoms with Gasteiger partial charge in [0.15, 0.2) is 5.76 Å². The van der Waals surface area contributed by atoms with Crippen molar-refractivity contribution >= 4 is 29.3 Å². The molecule has 196 valence electrons. The van der Waals surface area contributed by atoms with Crippen LogP contribution in [0, 0.1) is 0 Å². The first kappa shape index (κ1) is 28.0. The fraction of sp³-hybridized carbons (Fsp3) is 0.345. The summed E-state index contributed by atoms with van der Waals surface area (Å²) in [7, 11) is 0. The lowest BCUT2D eigenvalue weighted by Crippen LogP contribution is -2.50. The SMILES string of the molecule is CC(C)c1ccc(C(C(=O)NC(C)(C)C)N(Cc2ccccc2Cl)C(=O)CNC(=O)c2ccco2)cc1. The van der Waals surface area contributed by atoms with Gasteiger partial charge < -0.3 is 20.0 Å². The van der Waals surface area contributed by atoms with Crippen molar-refractivity contribution in [3.8, 4) is 0 Å². The number of nitrogens with zero attached hydrogens (tertiary/aromatic N) is 1. The van der Waals surface area contributed by atoms with E-state index in [9.17, 15) is 14.4 Å². The molecule has 8 heteroatoms. The van der Waals surface area contributed by atoms with Crippen LogP contribution in [0.15, 0.2) is 71.3 Å². The summed E-state index contributed by atoms with van der Waals surface area (Å²) >= 11 is 6.44. The van der Waals surface area contributed by atoms with Crippen LogP contribution in [0.1, 0.15) is 73.8 Å². The van der Waals surface area contributed by atoms with Gasteiger partial charge in [0.2, 0.25) is 11.8 Å². The third-order valence-corrected chi connectivity index (χ3v) is 6.11. The molecule has 0 spiro atoms. The number of carbonyl (C=O) groups excluding carboxylic acids is 3. The highest BCUT2D eigenvalue weighted by Gasteiger charge is 2.34. The zero-order valence-corrected chi connectivity index (χ0v) is 22.6. The molecule has 1 heterocycles. The van der Waals surface area contributed by atoms with E-state index in [1.807, 2.05) is 57.2 Å². The lowest BCUT2D eigenvalue weighted by molar-refractivity contribution is -0.141. The molecule has 0 aliphatic rings. The van der Waals surface area contributed by atoms with Gasteiger partial charge in [-0.15, -0.1) is 0 Å². The number of carbonyl (C=O) groups is 3. The second kappa shape index (κ2) is 12.1. The normalized spacial score (nSPS) is 12.2. The zero-order chi connectivity index (χ0) is 27.2. The van der Waals surface area contributed by atoms with E-state index in [1.54, 1.807) is 18.2 Å². The van der Waals surface area contributed by atoms with Gasteiger partial charge in [0.1, 0.15) is 6.04 Å². The molecule has 3 rings (SSSR count). The maximum absolute atomic E-state index is 13.7. The minimum absolute atomic E-state index is 0.0727. The summed E-state index contributed by atoms with van der Waals surface area (Å²) in [6.45, 7) is 9.58. The molecule has 3 amide bonds. The molecule has 2 aromatic carbocycles. The van der Waals surface area contributed by atoms with Crippen LogP contribution in [0.4, 0.5) is 0 Å². The van der Waals surface area contributed by atoms with Crippen LogP contribution in [-0.4, -0.2) is 34.7 Å². The van der Waals surface area contributed by atoms with Crippen molar-refractivity contribution in [2.75, 3.05) is 6.54 Å². The van der Waals surface area contributed by atoms with Crippen LogP contribution >= 0.6 is 11.6 Å². The van der Waals surface area contributed by atoms with Gasteiger partial charge in [-0.1, -0.05) is 67.9 Å². The quantitative estimate of drug-likeness (QED) is 0.389. The average molecular weight is 524 g/mol. The van der Waals surface area contributed by atoms with Crippen LogP contribution in [0.2, 0.25) is 5.02 Å². The fourth-order valence-corrected chi connectivity index (χ4v) is 4.06. The highest BCUT2D eigenvalue weighted by atomic mass is 35.5. The molecule has 1 aromatic heterocycles. The predicted octanol–water partition coefficient (Wildman–Crippen LogP) is 5.47. The first-order valence-electron chi connectivity index (χ1n) is 12.2. The lowest BCUT2D eigenvalue weighted by Gasteiger charge is -2.34. The molecule has 0 radical (unpaired) electrons. The van der Waals surface area contributed by atoms with E-state index in [0.717, 1.165) is 5.56 Å². The van der Waals surface area contributed by atoms with Crippen molar-refractivity contribution in [2.45, 2.75) is 58.7 Å². The molecular formula is C29H34ClN3O4. The summed E-state index contributed by atoms with van der Waals surface area (Å²) in [6.07, 6.45) is 1.38. The predicted molar refractivity (Wildman–Crippen MR) is 144 cm³/mol. The molecule has 2 N–H and O–H groups in total. The topological polar surface area (TPSA) is 91.7 Å². The van der Waals surface area contributed by atoms with Crippen molar-refractivity contribution in [1.82, 2.24) is 15.5 Å². The Bertz CT molecular complexity index is 1210. The first-order chi connectivity index (χ1) is 17.5. The molecule has 37 heavy (non-hydrogen) atoms. The largest absolute Gasteiger partial charge is 0.459 e. The van der Waals surface area contributed by atoms with Gasteiger partial charge in [0.25, 0.3) is 5.91 Å². The van der Waals surface area contributed by atoms with Gasteiger partial charge in [0.05, 0.1) is 12.8 Å². The fourth-order valence-electron chi connectivity index (χ4n) is 3.86. The smallest absolute Gasteiger partial charge is 0.287 e. The standard InChI is InChI=1S/C29H34ClN3O4/c1-19(2)20-12-14-21(15-13-20)26(28(36)32-29(3,4)5)33(18-22-9-6-7-10-23(22)30)25(34)17-31-27(35)24-11-8-16-37-24/h6-16,19,26H,17-18H2,1-5H3,(H,31,35)(H,32,36). The highest BCUT2D eigenvalue weighted by Crippen LogP contribution is 2.28. The van der Waals surface area contributed by atoms with Crippen molar-refractivity contribution in [3.63, 3.8) is 0 Å². The van der Waals surface area contributed by atoms with Gasteiger partial charge in [0, 0.05) is 17.1 Å². The Balaban J connectivity index is 2.00.